The van der Waals surface area contributed by atoms with Crippen molar-refractivity contribution in [3.05, 3.63) is 34.1 Å². The largest absolute Gasteiger partial charge is 0.481 e. The smallest absolute Gasteiger partial charge is 0.308 e. The van der Waals surface area contributed by atoms with Crippen LogP contribution in [0.4, 0.5) is 4.39 Å². The van der Waals surface area contributed by atoms with Crippen molar-refractivity contribution in [3.8, 4) is 0 Å². The van der Waals surface area contributed by atoms with Gasteiger partial charge in [-0.3, -0.25) is 9.59 Å². The van der Waals surface area contributed by atoms with Gasteiger partial charge in [0.15, 0.2) is 0 Å². The molecule has 1 atom stereocenters. The van der Waals surface area contributed by atoms with E-state index in [2.05, 4.69) is 15.9 Å². The molecule has 1 fully saturated rings. The summed E-state index contributed by atoms with van der Waals surface area (Å²) in [7, 11) is 0. The molecule has 1 saturated heterocycles. The molecule has 1 aliphatic heterocycles. The molecule has 1 aliphatic rings. The third kappa shape index (κ3) is 3.12. The quantitative estimate of drug-likeness (QED) is 0.907. The molecule has 1 aromatic carbocycles. The van der Waals surface area contributed by atoms with Crippen molar-refractivity contribution in [1.29, 1.82) is 0 Å². The second-order valence-corrected chi connectivity index (χ2v) is 5.41. The first kappa shape index (κ1) is 14.0. The highest BCUT2D eigenvalue weighted by Crippen LogP contribution is 2.23. The number of benzene rings is 1. The lowest BCUT2D eigenvalue weighted by atomic mass is 9.97. The SMILES string of the molecule is O=C(O)[C@@H]1CCCN(C(=O)c2ccc(F)cc2Br)C1. The van der Waals surface area contributed by atoms with Crippen molar-refractivity contribution < 1.29 is 19.1 Å². The number of rotatable bonds is 2. The molecule has 0 saturated carbocycles. The molecule has 0 bridgehead atoms. The van der Waals surface area contributed by atoms with E-state index < -0.39 is 17.7 Å². The molecule has 19 heavy (non-hydrogen) atoms. The summed E-state index contributed by atoms with van der Waals surface area (Å²) in [6, 6.07) is 3.86. The van der Waals surface area contributed by atoms with Crippen LogP contribution >= 0.6 is 15.9 Å². The van der Waals surface area contributed by atoms with E-state index in [9.17, 15) is 14.0 Å². The first-order chi connectivity index (χ1) is 8.99. The fourth-order valence-corrected chi connectivity index (χ4v) is 2.72. The number of likely N-dealkylation sites (tertiary alicyclic amines) is 1. The molecule has 0 unspecified atom stereocenters. The van der Waals surface area contributed by atoms with E-state index in [1.165, 1.54) is 23.1 Å². The zero-order valence-electron chi connectivity index (χ0n) is 10.1. The van der Waals surface area contributed by atoms with Crippen molar-refractivity contribution in [2.75, 3.05) is 13.1 Å². The summed E-state index contributed by atoms with van der Waals surface area (Å²) < 4.78 is 13.4. The third-order valence-corrected chi connectivity index (χ3v) is 3.88. The number of carboxylic acid groups (broad SMARTS) is 1. The summed E-state index contributed by atoms with van der Waals surface area (Å²) in [5.41, 5.74) is 0.354. The van der Waals surface area contributed by atoms with Crippen molar-refractivity contribution in [1.82, 2.24) is 4.90 Å². The number of carbonyl (C=O) groups excluding carboxylic acids is 1. The normalized spacial score (nSPS) is 19.3. The van der Waals surface area contributed by atoms with E-state index in [-0.39, 0.29) is 12.5 Å². The maximum Gasteiger partial charge on any atom is 0.308 e. The molecule has 4 nitrogen and oxygen atoms in total. The molecule has 2 rings (SSSR count). The zero-order chi connectivity index (χ0) is 14.0. The molecule has 6 heteroatoms. The molecule has 102 valence electrons. The summed E-state index contributed by atoms with van der Waals surface area (Å²) in [5.74, 6) is -2.09. The minimum atomic E-state index is -0.879. The predicted molar refractivity (Wildman–Crippen MR) is 70.4 cm³/mol. The maximum atomic E-state index is 13.0. The molecule has 0 aliphatic carbocycles. The van der Waals surface area contributed by atoms with Crippen LogP contribution < -0.4 is 0 Å². The van der Waals surface area contributed by atoms with Crippen LogP contribution in [0.1, 0.15) is 23.2 Å². The van der Waals surface area contributed by atoms with Crippen molar-refractivity contribution >= 4 is 27.8 Å². The Morgan fingerprint density at radius 1 is 1.42 bits per heavy atom. The minimum absolute atomic E-state index is 0.206. The fourth-order valence-electron chi connectivity index (χ4n) is 2.20. The number of carbonyl (C=O) groups is 2. The van der Waals surface area contributed by atoms with Gasteiger partial charge in [0.2, 0.25) is 0 Å². The minimum Gasteiger partial charge on any atom is -0.481 e. The highest BCUT2D eigenvalue weighted by Gasteiger charge is 2.29. The van der Waals surface area contributed by atoms with E-state index >= 15 is 0 Å². The van der Waals surface area contributed by atoms with Crippen molar-refractivity contribution in [3.63, 3.8) is 0 Å². The van der Waals surface area contributed by atoms with Gasteiger partial charge >= 0.3 is 5.97 Å². The van der Waals surface area contributed by atoms with Gasteiger partial charge in [-0.25, -0.2) is 4.39 Å². The van der Waals surface area contributed by atoms with Crippen LogP contribution in [0.15, 0.2) is 22.7 Å². The average Bonchev–Trinajstić information content (AvgIpc) is 2.38. The van der Waals surface area contributed by atoms with E-state index in [0.717, 1.165) is 0 Å². The zero-order valence-corrected chi connectivity index (χ0v) is 11.7. The summed E-state index contributed by atoms with van der Waals surface area (Å²) in [6.45, 7) is 0.740. The lowest BCUT2D eigenvalue weighted by Gasteiger charge is -2.31. The maximum absolute atomic E-state index is 13.0. The van der Waals surface area contributed by atoms with Gasteiger partial charge in [-0.15, -0.1) is 0 Å². The van der Waals surface area contributed by atoms with Crippen molar-refractivity contribution in [2.45, 2.75) is 12.8 Å². The number of nitrogens with zero attached hydrogens (tertiary/aromatic N) is 1. The number of hydrogen-bond acceptors (Lipinski definition) is 2. The summed E-state index contributed by atoms with van der Waals surface area (Å²) in [6.07, 6.45) is 1.26. The lowest BCUT2D eigenvalue weighted by Crippen LogP contribution is -2.42. The number of hydrogen-bond donors (Lipinski definition) is 1. The van der Waals surface area contributed by atoms with Crippen LogP contribution in [0, 0.1) is 11.7 Å². The molecule has 0 aromatic heterocycles. The summed E-state index contributed by atoms with van der Waals surface area (Å²) in [5, 5.41) is 9.00. The van der Waals surface area contributed by atoms with Crippen LogP contribution in [-0.4, -0.2) is 35.0 Å². The number of carboxylic acids is 1. The van der Waals surface area contributed by atoms with Gasteiger partial charge in [-0.05, 0) is 47.0 Å². The molecular weight excluding hydrogens is 317 g/mol. The number of halogens is 2. The number of amides is 1. The fraction of sp³-hybridized carbons (Fsp3) is 0.385. The van der Waals surface area contributed by atoms with E-state index in [1.807, 2.05) is 0 Å². The summed E-state index contributed by atoms with van der Waals surface area (Å²) in [4.78, 5) is 24.8. The monoisotopic (exact) mass is 329 g/mol. The lowest BCUT2D eigenvalue weighted by molar-refractivity contribution is -0.143. The van der Waals surface area contributed by atoms with Gasteiger partial charge in [0.25, 0.3) is 5.91 Å². The predicted octanol–water partition coefficient (Wildman–Crippen LogP) is 2.53. The standard InChI is InChI=1S/C13H13BrFNO3/c14-11-6-9(15)3-4-10(11)12(17)16-5-1-2-8(7-16)13(18)19/h3-4,6,8H,1-2,5,7H2,(H,18,19)/t8-/m1/s1. The van der Waals surface area contributed by atoms with Gasteiger partial charge in [-0.2, -0.15) is 0 Å². The average molecular weight is 330 g/mol. The molecule has 0 radical (unpaired) electrons. The first-order valence-electron chi connectivity index (χ1n) is 5.96. The van der Waals surface area contributed by atoms with E-state index in [4.69, 9.17) is 5.11 Å². The summed E-state index contributed by atoms with van der Waals surface area (Å²) >= 11 is 3.15. The second kappa shape index (κ2) is 5.69. The second-order valence-electron chi connectivity index (χ2n) is 4.55. The molecule has 1 heterocycles. The van der Waals surface area contributed by atoms with Gasteiger partial charge in [0.05, 0.1) is 11.5 Å². The Hall–Kier alpha value is -1.43. The van der Waals surface area contributed by atoms with Gasteiger partial charge in [-0.1, -0.05) is 0 Å². The molecule has 0 spiro atoms. The first-order valence-corrected chi connectivity index (χ1v) is 6.75. The van der Waals surface area contributed by atoms with E-state index in [1.54, 1.807) is 0 Å². The Kier molecular flexibility index (Phi) is 4.19. The van der Waals surface area contributed by atoms with E-state index in [0.29, 0.717) is 29.4 Å². The Labute approximate surface area is 118 Å². The third-order valence-electron chi connectivity index (χ3n) is 3.22. The molecule has 1 N–H and O–H groups in total. The van der Waals surface area contributed by atoms with Gasteiger partial charge in [0, 0.05) is 17.6 Å². The number of aliphatic carboxylic acids is 1. The van der Waals surface area contributed by atoms with Crippen LogP contribution in [0.3, 0.4) is 0 Å². The Morgan fingerprint density at radius 2 is 2.16 bits per heavy atom. The molecular formula is C13H13BrFNO3. The van der Waals surface area contributed by atoms with Crippen LogP contribution in [0.5, 0.6) is 0 Å². The van der Waals surface area contributed by atoms with Crippen LogP contribution in [0.2, 0.25) is 0 Å². The van der Waals surface area contributed by atoms with Gasteiger partial charge < -0.3 is 10.0 Å². The Balaban J connectivity index is 2.17. The van der Waals surface area contributed by atoms with Crippen LogP contribution in [-0.2, 0) is 4.79 Å². The molecule has 1 aromatic rings. The Morgan fingerprint density at radius 3 is 2.79 bits per heavy atom. The Bertz CT molecular complexity index is 521. The van der Waals surface area contributed by atoms with Crippen molar-refractivity contribution in [2.24, 2.45) is 5.92 Å². The van der Waals surface area contributed by atoms with Crippen LogP contribution in [0.25, 0.3) is 0 Å². The molecule has 1 amide bonds. The topological polar surface area (TPSA) is 57.6 Å². The highest BCUT2D eigenvalue weighted by molar-refractivity contribution is 9.10. The number of piperidine rings is 1. The van der Waals surface area contributed by atoms with Gasteiger partial charge in [0.1, 0.15) is 5.82 Å². The highest BCUT2D eigenvalue weighted by atomic mass is 79.9.